The van der Waals surface area contributed by atoms with Crippen molar-refractivity contribution in [2.75, 3.05) is 0 Å². The Kier molecular flexibility index (Phi) is 11.1. The Bertz CT molecular complexity index is 710. The van der Waals surface area contributed by atoms with Crippen LogP contribution in [0.15, 0.2) is 0 Å². The van der Waals surface area contributed by atoms with E-state index in [0.29, 0.717) is 0 Å². The molecular formula is C17H29N5O9. The molecule has 0 saturated carbocycles. The van der Waals surface area contributed by atoms with Crippen LogP contribution in [0.1, 0.15) is 33.6 Å². The van der Waals surface area contributed by atoms with E-state index in [0.717, 1.165) is 0 Å². The Morgan fingerprint density at radius 3 is 1.71 bits per heavy atom. The predicted octanol–water partition coefficient (Wildman–Crippen LogP) is -3.76. The Balaban J connectivity index is 5.48. The van der Waals surface area contributed by atoms with E-state index >= 15 is 0 Å². The summed E-state index contributed by atoms with van der Waals surface area (Å²) in [5.41, 5.74) is 10.6. The molecule has 0 aliphatic carbocycles. The Morgan fingerprint density at radius 2 is 1.32 bits per heavy atom. The van der Waals surface area contributed by atoms with Gasteiger partial charge in [-0.05, 0) is 12.8 Å². The smallest absolute Gasteiger partial charge is 0.326 e. The lowest BCUT2D eigenvalue weighted by atomic mass is 10.0. The third kappa shape index (κ3) is 9.86. The monoisotopic (exact) mass is 447 g/mol. The number of hydrogen-bond acceptors (Lipinski definition) is 8. The molecular weight excluding hydrogens is 418 g/mol. The van der Waals surface area contributed by atoms with Crippen molar-refractivity contribution in [1.29, 1.82) is 0 Å². The van der Waals surface area contributed by atoms with Crippen LogP contribution >= 0.6 is 0 Å². The molecule has 14 nitrogen and oxygen atoms in total. The maximum absolute atomic E-state index is 12.6. The van der Waals surface area contributed by atoms with E-state index in [9.17, 15) is 33.9 Å². The zero-order chi connectivity index (χ0) is 24.5. The molecule has 0 fully saturated rings. The average Bonchev–Trinajstić information content (AvgIpc) is 2.62. The summed E-state index contributed by atoms with van der Waals surface area (Å²) in [6.45, 7) is 4.27. The van der Waals surface area contributed by atoms with E-state index in [1.54, 1.807) is 0 Å². The number of nitrogens with one attached hydrogen (secondary N) is 3. The minimum absolute atomic E-state index is 0.590. The molecule has 0 aromatic heterocycles. The van der Waals surface area contributed by atoms with E-state index in [2.05, 4.69) is 10.6 Å². The van der Waals surface area contributed by atoms with Gasteiger partial charge in [0.15, 0.2) is 0 Å². The Hall–Kier alpha value is -3.26. The molecule has 5 atom stereocenters. The SMILES string of the molecule is CC(C)C(NC(=O)C(CC(N)=O)NC(=O)C(N)C(C)O)C(=O)NC(CC(=O)O)C(=O)O. The first kappa shape index (κ1) is 27.7. The fourth-order valence-corrected chi connectivity index (χ4v) is 2.32. The van der Waals surface area contributed by atoms with Crippen LogP contribution in [0.4, 0.5) is 0 Å². The number of aliphatic hydroxyl groups is 1. The predicted molar refractivity (Wildman–Crippen MR) is 104 cm³/mol. The van der Waals surface area contributed by atoms with Gasteiger partial charge in [0.05, 0.1) is 18.9 Å². The van der Waals surface area contributed by atoms with Crippen LogP contribution in [-0.2, 0) is 28.8 Å². The molecule has 0 aliphatic rings. The van der Waals surface area contributed by atoms with Crippen LogP contribution in [0.25, 0.3) is 0 Å². The summed E-state index contributed by atoms with van der Waals surface area (Å²) in [6, 6.07) is -6.01. The van der Waals surface area contributed by atoms with Crippen molar-refractivity contribution in [3.8, 4) is 0 Å². The molecule has 4 amide bonds. The fraction of sp³-hybridized carbons (Fsp3) is 0.647. The standard InChI is InChI=1S/C17H29N5O9/c1-6(2)13(16(29)21-9(17(30)31)5-11(25)26)22-14(27)8(4-10(18)24)20-15(28)12(19)7(3)23/h6-9,12-13,23H,4-5,19H2,1-3H3,(H2,18,24)(H,20,28)(H,21,29)(H,22,27)(H,25,26)(H,30,31). The van der Waals surface area contributed by atoms with Gasteiger partial charge in [0, 0.05) is 0 Å². The summed E-state index contributed by atoms with van der Waals surface area (Å²) in [7, 11) is 0. The van der Waals surface area contributed by atoms with Gasteiger partial charge in [0.2, 0.25) is 23.6 Å². The van der Waals surface area contributed by atoms with Crippen LogP contribution in [0.5, 0.6) is 0 Å². The number of carbonyl (C=O) groups excluding carboxylic acids is 4. The quantitative estimate of drug-likeness (QED) is 0.137. The summed E-state index contributed by atoms with van der Waals surface area (Å²) in [4.78, 5) is 70.3. The molecule has 0 aromatic carbocycles. The average molecular weight is 447 g/mol. The summed E-state index contributed by atoms with van der Waals surface area (Å²) in [6.07, 6.45) is -2.79. The molecule has 14 heteroatoms. The van der Waals surface area contributed by atoms with Crippen molar-refractivity contribution < 1.29 is 44.1 Å². The van der Waals surface area contributed by atoms with Crippen LogP contribution in [0.3, 0.4) is 0 Å². The lowest BCUT2D eigenvalue weighted by Gasteiger charge is -2.26. The summed E-state index contributed by atoms with van der Waals surface area (Å²) >= 11 is 0. The summed E-state index contributed by atoms with van der Waals surface area (Å²) < 4.78 is 0. The summed E-state index contributed by atoms with van der Waals surface area (Å²) in [5, 5.41) is 33.7. The van der Waals surface area contributed by atoms with Gasteiger partial charge in [0.25, 0.3) is 0 Å². The zero-order valence-electron chi connectivity index (χ0n) is 17.3. The molecule has 0 rings (SSSR count). The number of primary amides is 1. The van der Waals surface area contributed by atoms with Crippen molar-refractivity contribution in [3.63, 3.8) is 0 Å². The molecule has 10 N–H and O–H groups in total. The van der Waals surface area contributed by atoms with Gasteiger partial charge in [-0.15, -0.1) is 0 Å². The second kappa shape index (κ2) is 12.4. The molecule has 0 aliphatic heterocycles. The maximum atomic E-state index is 12.6. The Morgan fingerprint density at radius 1 is 0.806 bits per heavy atom. The number of hydrogen-bond donors (Lipinski definition) is 8. The van der Waals surface area contributed by atoms with Crippen molar-refractivity contribution in [2.24, 2.45) is 17.4 Å². The van der Waals surface area contributed by atoms with Crippen LogP contribution in [0, 0.1) is 5.92 Å². The van der Waals surface area contributed by atoms with E-state index in [1.807, 2.05) is 5.32 Å². The van der Waals surface area contributed by atoms with Crippen molar-refractivity contribution in [1.82, 2.24) is 16.0 Å². The number of rotatable bonds is 13. The lowest BCUT2D eigenvalue weighted by molar-refractivity contribution is -0.147. The molecule has 176 valence electrons. The van der Waals surface area contributed by atoms with Gasteiger partial charge in [-0.2, -0.15) is 0 Å². The van der Waals surface area contributed by atoms with Crippen LogP contribution in [0.2, 0.25) is 0 Å². The van der Waals surface area contributed by atoms with Crippen molar-refractivity contribution in [2.45, 2.75) is 63.9 Å². The number of carbonyl (C=O) groups is 6. The maximum Gasteiger partial charge on any atom is 0.326 e. The van der Waals surface area contributed by atoms with E-state index < -0.39 is 84.6 Å². The highest BCUT2D eigenvalue weighted by atomic mass is 16.4. The first-order valence-electron chi connectivity index (χ1n) is 9.25. The van der Waals surface area contributed by atoms with Crippen LogP contribution < -0.4 is 27.4 Å². The molecule has 5 unspecified atom stereocenters. The lowest BCUT2D eigenvalue weighted by Crippen LogP contribution is -2.59. The molecule has 0 heterocycles. The topological polar surface area (TPSA) is 251 Å². The van der Waals surface area contributed by atoms with Gasteiger partial charge in [-0.25, -0.2) is 4.79 Å². The third-order valence-corrected chi connectivity index (χ3v) is 4.10. The van der Waals surface area contributed by atoms with Gasteiger partial charge >= 0.3 is 11.9 Å². The zero-order valence-corrected chi connectivity index (χ0v) is 17.3. The van der Waals surface area contributed by atoms with Gasteiger partial charge < -0.3 is 42.7 Å². The van der Waals surface area contributed by atoms with Crippen LogP contribution in [-0.4, -0.2) is 81.2 Å². The number of amides is 4. The number of carboxylic acid groups (broad SMARTS) is 2. The van der Waals surface area contributed by atoms with E-state index in [-0.39, 0.29) is 0 Å². The van der Waals surface area contributed by atoms with Crippen molar-refractivity contribution in [3.05, 3.63) is 0 Å². The third-order valence-electron chi connectivity index (χ3n) is 4.10. The minimum Gasteiger partial charge on any atom is -0.481 e. The second-order valence-electron chi connectivity index (χ2n) is 7.23. The van der Waals surface area contributed by atoms with Gasteiger partial charge in [-0.3, -0.25) is 24.0 Å². The molecule has 0 aromatic rings. The summed E-state index contributed by atoms with van der Waals surface area (Å²) in [5.74, 6) is -7.52. The number of nitrogens with two attached hydrogens (primary N) is 2. The molecule has 0 bridgehead atoms. The fourth-order valence-electron chi connectivity index (χ4n) is 2.32. The molecule has 31 heavy (non-hydrogen) atoms. The van der Waals surface area contributed by atoms with Gasteiger partial charge in [0.1, 0.15) is 24.2 Å². The Labute approximate surface area is 177 Å². The second-order valence-corrected chi connectivity index (χ2v) is 7.23. The van der Waals surface area contributed by atoms with Gasteiger partial charge in [-0.1, -0.05) is 13.8 Å². The number of aliphatic hydroxyl groups excluding tert-OH is 1. The number of aliphatic carboxylic acids is 2. The molecule has 0 radical (unpaired) electrons. The largest absolute Gasteiger partial charge is 0.481 e. The first-order valence-corrected chi connectivity index (χ1v) is 9.25. The van der Waals surface area contributed by atoms with E-state index in [4.69, 9.17) is 21.7 Å². The number of carboxylic acids is 2. The highest BCUT2D eigenvalue weighted by Crippen LogP contribution is 2.06. The highest BCUT2D eigenvalue weighted by Gasteiger charge is 2.33. The first-order chi connectivity index (χ1) is 14.2. The normalized spacial score (nSPS) is 15.7. The molecule has 0 spiro atoms. The minimum atomic E-state index is -1.74. The highest BCUT2D eigenvalue weighted by molar-refractivity contribution is 5.96. The molecule has 0 saturated heterocycles. The van der Waals surface area contributed by atoms with E-state index in [1.165, 1.54) is 20.8 Å². The van der Waals surface area contributed by atoms with Crippen molar-refractivity contribution >= 4 is 35.6 Å².